The topological polar surface area (TPSA) is 47.6 Å². The molecule has 1 aliphatic carbocycles. The molecule has 0 aromatic heterocycles. The molecule has 0 unspecified atom stereocenters. The fourth-order valence-corrected chi connectivity index (χ4v) is 2.52. The predicted octanol–water partition coefficient (Wildman–Crippen LogP) is 2.43. The molecule has 2 rings (SSSR count). The Morgan fingerprint density at radius 3 is 2.75 bits per heavy atom. The predicted molar refractivity (Wildman–Crippen MR) is 78.4 cm³/mol. The van der Waals surface area contributed by atoms with Crippen LogP contribution in [0, 0.1) is 0 Å². The van der Waals surface area contributed by atoms with E-state index in [1.807, 2.05) is 24.3 Å². The minimum atomic E-state index is 0.0879. The summed E-state index contributed by atoms with van der Waals surface area (Å²) >= 11 is 0. The summed E-state index contributed by atoms with van der Waals surface area (Å²) in [6, 6.07) is 7.90. The van der Waals surface area contributed by atoms with Gasteiger partial charge in [-0.25, -0.2) is 0 Å². The zero-order chi connectivity index (χ0) is 14.2. The summed E-state index contributed by atoms with van der Waals surface area (Å²) in [7, 11) is 1.63. The molecule has 4 nitrogen and oxygen atoms in total. The Balaban J connectivity index is 1.90. The van der Waals surface area contributed by atoms with Crippen molar-refractivity contribution in [2.75, 3.05) is 26.9 Å². The second-order valence-corrected chi connectivity index (χ2v) is 5.12. The molecule has 1 N–H and O–H groups in total. The van der Waals surface area contributed by atoms with Crippen molar-refractivity contribution >= 4 is 5.78 Å². The smallest absolute Gasteiger partial charge is 0.180 e. The molecule has 1 aromatic carbocycles. The maximum absolute atomic E-state index is 12.3. The van der Waals surface area contributed by atoms with E-state index in [0.29, 0.717) is 37.1 Å². The van der Waals surface area contributed by atoms with Gasteiger partial charge in [0.15, 0.2) is 5.78 Å². The molecule has 0 spiro atoms. The van der Waals surface area contributed by atoms with Gasteiger partial charge in [0.2, 0.25) is 0 Å². The molecule has 0 saturated heterocycles. The molecule has 1 aromatic rings. The normalized spacial score (nSPS) is 15.4. The number of para-hydroxylation sites is 1. The number of hydrogen-bond donors (Lipinski definition) is 1. The van der Waals surface area contributed by atoms with E-state index >= 15 is 0 Å². The van der Waals surface area contributed by atoms with Crippen molar-refractivity contribution in [3.05, 3.63) is 29.8 Å². The molecule has 20 heavy (non-hydrogen) atoms. The lowest BCUT2D eigenvalue weighted by Gasteiger charge is -2.13. The van der Waals surface area contributed by atoms with Crippen molar-refractivity contribution < 1.29 is 14.3 Å². The van der Waals surface area contributed by atoms with Crippen molar-refractivity contribution in [3.8, 4) is 5.75 Å². The molecule has 4 heteroatoms. The number of hydrogen-bond acceptors (Lipinski definition) is 4. The lowest BCUT2D eigenvalue weighted by Crippen LogP contribution is -2.31. The minimum Gasteiger partial charge on any atom is -0.490 e. The third-order valence-electron chi connectivity index (χ3n) is 3.64. The van der Waals surface area contributed by atoms with Gasteiger partial charge in [-0.1, -0.05) is 25.0 Å². The van der Waals surface area contributed by atoms with Crippen molar-refractivity contribution in [2.45, 2.75) is 31.7 Å². The number of ether oxygens (including phenoxy) is 2. The Morgan fingerprint density at radius 1 is 1.25 bits per heavy atom. The van der Waals surface area contributed by atoms with Crippen LogP contribution in [0.3, 0.4) is 0 Å². The molecule has 0 heterocycles. The van der Waals surface area contributed by atoms with Crippen LogP contribution in [0.2, 0.25) is 0 Å². The van der Waals surface area contributed by atoms with Gasteiger partial charge < -0.3 is 14.8 Å². The van der Waals surface area contributed by atoms with E-state index in [1.165, 1.54) is 25.7 Å². The van der Waals surface area contributed by atoms with Gasteiger partial charge in [0.05, 0.1) is 18.7 Å². The first-order chi connectivity index (χ1) is 9.81. The highest BCUT2D eigenvalue weighted by molar-refractivity contribution is 6.00. The monoisotopic (exact) mass is 277 g/mol. The summed E-state index contributed by atoms with van der Waals surface area (Å²) in [5.74, 6) is 0.729. The summed E-state index contributed by atoms with van der Waals surface area (Å²) in [6.45, 7) is 1.36. The first-order valence-electron chi connectivity index (χ1n) is 7.28. The van der Waals surface area contributed by atoms with E-state index in [2.05, 4.69) is 5.32 Å². The van der Waals surface area contributed by atoms with E-state index in [1.54, 1.807) is 7.11 Å². The molecule has 1 aliphatic rings. The lowest BCUT2D eigenvalue weighted by molar-refractivity contribution is 0.0979. The summed E-state index contributed by atoms with van der Waals surface area (Å²) in [5, 5.41) is 3.34. The van der Waals surface area contributed by atoms with Crippen LogP contribution in [0.1, 0.15) is 36.0 Å². The zero-order valence-corrected chi connectivity index (χ0v) is 12.1. The molecule has 0 bridgehead atoms. The first kappa shape index (κ1) is 15.0. The van der Waals surface area contributed by atoms with Gasteiger partial charge in [0.1, 0.15) is 12.4 Å². The van der Waals surface area contributed by atoms with Gasteiger partial charge in [0, 0.05) is 13.2 Å². The summed E-state index contributed by atoms with van der Waals surface area (Å²) in [5.41, 5.74) is 0.647. The fraction of sp³-hybridized carbons (Fsp3) is 0.562. The highest BCUT2D eigenvalue weighted by Crippen LogP contribution is 2.20. The van der Waals surface area contributed by atoms with Crippen molar-refractivity contribution in [1.82, 2.24) is 5.32 Å². The Bertz CT molecular complexity index is 427. The Kier molecular flexibility index (Phi) is 6.02. The number of carbonyl (C=O) groups is 1. The number of ketones is 1. The highest BCUT2D eigenvalue weighted by atomic mass is 16.5. The van der Waals surface area contributed by atoms with Crippen molar-refractivity contribution in [1.29, 1.82) is 0 Å². The van der Waals surface area contributed by atoms with Crippen LogP contribution in [0.15, 0.2) is 24.3 Å². The number of methoxy groups -OCH3 is 1. The molecular formula is C16H23NO3. The Labute approximate surface area is 120 Å². The minimum absolute atomic E-state index is 0.0879. The highest BCUT2D eigenvalue weighted by Gasteiger charge is 2.17. The van der Waals surface area contributed by atoms with Gasteiger partial charge in [-0.2, -0.15) is 0 Å². The number of nitrogens with one attached hydrogen (secondary N) is 1. The van der Waals surface area contributed by atoms with E-state index in [0.717, 1.165) is 0 Å². The Hall–Kier alpha value is -1.39. The van der Waals surface area contributed by atoms with E-state index in [4.69, 9.17) is 9.47 Å². The van der Waals surface area contributed by atoms with Gasteiger partial charge in [-0.15, -0.1) is 0 Å². The second-order valence-electron chi connectivity index (χ2n) is 5.12. The third kappa shape index (κ3) is 4.32. The van der Waals surface area contributed by atoms with Crippen LogP contribution in [-0.4, -0.2) is 38.7 Å². The van der Waals surface area contributed by atoms with E-state index < -0.39 is 0 Å². The van der Waals surface area contributed by atoms with Crippen LogP contribution >= 0.6 is 0 Å². The van der Waals surface area contributed by atoms with Gasteiger partial charge in [-0.05, 0) is 25.0 Å². The fourth-order valence-electron chi connectivity index (χ4n) is 2.52. The average molecular weight is 277 g/mol. The molecule has 0 radical (unpaired) electrons. The quantitative estimate of drug-likeness (QED) is 0.585. The third-order valence-corrected chi connectivity index (χ3v) is 3.64. The number of carbonyl (C=O) groups excluding carboxylic acids is 1. The van der Waals surface area contributed by atoms with Crippen molar-refractivity contribution in [2.24, 2.45) is 0 Å². The van der Waals surface area contributed by atoms with E-state index in [-0.39, 0.29) is 5.78 Å². The molecule has 0 amide bonds. The average Bonchev–Trinajstić information content (AvgIpc) is 2.99. The van der Waals surface area contributed by atoms with Gasteiger partial charge >= 0.3 is 0 Å². The summed E-state index contributed by atoms with van der Waals surface area (Å²) in [4.78, 5) is 12.3. The second kappa shape index (κ2) is 8.02. The molecule has 1 saturated carbocycles. The molecule has 110 valence electrons. The van der Waals surface area contributed by atoms with Crippen LogP contribution in [0.4, 0.5) is 0 Å². The Morgan fingerprint density at radius 2 is 2.00 bits per heavy atom. The summed E-state index contributed by atoms with van der Waals surface area (Å²) < 4.78 is 10.6. The number of Topliss-reactive ketones (excluding diaryl/α,β-unsaturated/α-hetero) is 1. The van der Waals surface area contributed by atoms with Crippen LogP contribution in [0.5, 0.6) is 5.75 Å². The molecule has 0 aliphatic heterocycles. The SMILES string of the molecule is COCCOc1ccccc1C(=O)CNC1CCCC1. The maximum atomic E-state index is 12.3. The summed E-state index contributed by atoms with van der Waals surface area (Å²) in [6.07, 6.45) is 4.89. The van der Waals surface area contributed by atoms with Crippen LogP contribution in [0.25, 0.3) is 0 Å². The maximum Gasteiger partial charge on any atom is 0.180 e. The molecule has 0 atom stereocenters. The first-order valence-corrected chi connectivity index (χ1v) is 7.28. The zero-order valence-electron chi connectivity index (χ0n) is 12.1. The van der Waals surface area contributed by atoms with Crippen molar-refractivity contribution in [3.63, 3.8) is 0 Å². The standard InChI is InChI=1S/C16H23NO3/c1-19-10-11-20-16-9-5-4-8-14(16)15(18)12-17-13-6-2-3-7-13/h4-5,8-9,13,17H,2-3,6-7,10-12H2,1H3. The molecular weight excluding hydrogens is 254 g/mol. The molecule has 1 fully saturated rings. The lowest BCUT2D eigenvalue weighted by atomic mass is 10.1. The van der Waals surface area contributed by atoms with E-state index in [9.17, 15) is 4.79 Å². The number of benzene rings is 1. The van der Waals surface area contributed by atoms with Gasteiger partial charge in [0.25, 0.3) is 0 Å². The largest absolute Gasteiger partial charge is 0.490 e. The van der Waals surface area contributed by atoms with Gasteiger partial charge in [-0.3, -0.25) is 4.79 Å². The number of rotatable bonds is 8. The van der Waals surface area contributed by atoms with Crippen LogP contribution < -0.4 is 10.1 Å². The van der Waals surface area contributed by atoms with Crippen LogP contribution in [-0.2, 0) is 4.74 Å².